The van der Waals surface area contributed by atoms with Gasteiger partial charge in [-0.1, -0.05) is 0 Å². The number of unbranched alkanes of at least 4 members (excludes halogenated alkanes) is 1. The molecule has 0 unspecified atom stereocenters. The number of hydrogen-bond acceptors (Lipinski definition) is 1. The van der Waals surface area contributed by atoms with Crippen LogP contribution in [0.25, 0.3) is 0 Å². The van der Waals surface area contributed by atoms with Crippen LogP contribution in [0.4, 0.5) is 0 Å². The second kappa shape index (κ2) is 4.24. The fourth-order valence-corrected chi connectivity index (χ4v) is 2.11. The number of hydrogen-bond donors (Lipinski definition) is 1. The molecular formula is C7H20NP. The molecular weight excluding hydrogens is 129 g/mol. The molecule has 0 aromatic rings. The van der Waals surface area contributed by atoms with Gasteiger partial charge in [0.25, 0.3) is 0 Å². The predicted molar refractivity (Wildman–Crippen MR) is 49.2 cm³/mol. The Morgan fingerprint density at radius 3 is 2.00 bits per heavy atom. The third-order valence-corrected chi connectivity index (χ3v) is 3.23. The Kier molecular flexibility index (Phi) is 4.43. The first-order valence-electron chi connectivity index (χ1n) is 3.76. The van der Waals surface area contributed by atoms with E-state index in [-0.39, 0.29) is 0 Å². The van der Waals surface area contributed by atoms with Crippen molar-refractivity contribution in [3.8, 4) is 0 Å². The minimum absolute atomic E-state index is 0.750. The first kappa shape index (κ1) is 9.39. The molecule has 0 aliphatic heterocycles. The van der Waals surface area contributed by atoms with Crippen molar-refractivity contribution in [3.63, 3.8) is 0 Å². The molecule has 0 aliphatic rings. The molecule has 0 bridgehead atoms. The van der Waals surface area contributed by atoms with Crippen LogP contribution >= 0.6 is 7.26 Å². The van der Waals surface area contributed by atoms with Crippen molar-refractivity contribution >= 4 is 7.26 Å². The van der Waals surface area contributed by atoms with E-state index in [9.17, 15) is 0 Å². The second-order valence-corrected chi connectivity index (χ2v) is 9.43. The molecule has 2 heteroatoms. The maximum atomic E-state index is 5.37. The molecule has 0 heterocycles. The molecule has 0 saturated carbocycles. The number of rotatable bonds is 4. The van der Waals surface area contributed by atoms with Crippen LogP contribution in [0.3, 0.4) is 0 Å². The van der Waals surface area contributed by atoms with E-state index in [1.807, 2.05) is 0 Å². The van der Waals surface area contributed by atoms with Crippen molar-refractivity contribution in [3.05, 3.63) is 0 Å². The summed E-state index contributed by atoms with van der Waals surface area (Å²) in [6.07, 6.45) is 3.99. The molecule has 0 aromatic heterocycles. The fourth-order valence-electron chi connectivity index (χ4n) is 0.800. The molecule has 2 N–H and O–H groups in total. The predicted octanol–water partition coefficient (Wildman–Crippen LogP) is 1.36. The van der Waals surface area contributed by atoms with E-state index in [1.165, 1.54) is 19.0 Å². The summed E-state index contributed by atoms with van der Waals surface area (Å²) in [7, 11) is -0.750. The summed E-state index contributed by atoms with van der Waals surface area (Å²) in [5, 5.41) is 0. The normalized spacial score (nSPS) is 13.8. The Balaban J connectivity index is 3.07. The van der Waals surface area contributed by atoms with Gasteiger partial charge in [-0.2, -0.15) is 0 Å². The molecule has 0 atom stereocenters. The summed E-state index contributed by atoms with van der Waals surface area (Å²) in [6, 6.07) is 0. The quantitative estimate of drug-likeness (QED) is 0.474. The summed E-state index contributed by atoms with van der Waals surface area (Å²) >= 11 is 0. The van der Waals surface area contributed by atoms with E-state index in [0.29, 0.717) is 0 Å². The van der Waals surface area contributed by atoms with Gasteiger partial charge in [0, 0.05) is 0 Å². The Bertz CT molecular complexity index is 65.8. The molecule has 58 valence electrons. The SMILES string of the molecule is C[PH](C)(C)CCCCN. The van der Waals surface area contributed by atoms with Crippen molar-refractivity contribution in [2.45, 2.75) is 12.8 Å². The Morgan fingerprint density at radius 1 is 1.11 bits per heavy atom. The first-order chi connectivity index (χ1) is 4.06. The minimum atomic E-state index is -0.750. The summed E-state index contributed by atoms with van der Waals surface area (Å²) < 4.78 is 0. The van der Waals surface area contributed by atoms with E-state index in [0.717, 1.165) is 6.54 Å². The Hall–Kier alpha value is 0.390. The van der Waals surface area contributed by atoms with Gasteiger partial charge >= 0.3 is 58.5 Å². The molecule has 0 fully saturated rings. The van der Waals surface area contributed by atoms with Gasteiger partial charge in [0.05, 0.1) is 0 Å². The first-order valence-corrected chi connectivity index (χ1v) is 7.47. The van der Waals surface area contributed by atoms with Gasteiger partial charge in [-0.15, -0.1) is 0 Å². The zero-order valence-corrected chi connectivity index (χ0v) is 7.91. The summed E-state index contributed by atoms with van der Waals surface area (Å²) in [4.78, 5) is 0. The van der Waals surface area contributed by atoms with Gasteiger partial charge in [0.15, 0.2) is 0 Å². The molecule has 0 aromatic carbocycles. The molecule has 0 saturated heterocycles. The Labute approximate surface area is 59.4 Å². The van der Waals surface area contributed by atoms with Gasteiger partial charge in [0.2, 0.25) is 0 Å². The summed E-state index contributed by atoms with van der Waals surface area (Å²) in [6.45, 7) is 8.08. The molecule has 0 amide bonds. The van der Waals surface area contributed by atoms with Gasteiger partial charge in [-0.3, -0.25) is 0 Å². The van der Waals surface area contributed by atoms with Gasteiger partial charge < -0.3 is 0 Å². The van der Waals surface area contributed by atoms with Crippen LogP contribution in [0.15, 0.2) is 0 Å². The fraction of sp³-hybridized carbons (Fsp3) is 1.00. The molecule has 0 rings (SSSR count). The van der Waals surface area contributed by atoms with Crippen LogP contribution < -0.4 is 5.73 Å². The summed E-state index contributed by atoms with van der Waals surface area (Å²) in [5.41, 5.74) is 5.37. The molecule has 0 aliphatic carbocycles. The second-order valence-electron chi connectivity index (χ2n) is 3.81. The van der Waals surface area contributed by atoms with E-state index < -0.39 is 7.26 Å². The zero-order chi connectivity index (χ0) is 7.33. The maximum absolute atomic E-state index is 5.37. The average Bonchev–Trinajstić information content (AvgIpc) is 1.63. The molecule has 0 radical (unpaired) electrons. The van der Waals surface area contributed by atoms with E-state index >= 15 is 0 Å². The van der Waals surface area contributed by atoms with Crippen LogP contribution in [0.5, 0.6) is 0 Å². The monoisotopic (exact) mass is 149 g/mol. The van der Waals surface area contributed by atoms with Crippen LogP contribution in [-0.4, -0.2) is 32.7 Å². The van der Waals surface area contributed by atoms with Crippen LogP contribution in [-0.2, 0) is 0 Å². The number of nitrogens with two attached hydrogens (primary N) is 1. The van der Waals surface area contributed by atoms with Crippen molar-refractivity contribution < 1.29 is 0 Å². The summed E-state index contributed by atoms with van der Waals surface area (Å²) in [5.74, 6) is 0. The topological polar surface area (TPSA) is 26.0 Å². The van der Waals surface area contributed by atoms with E-state index in [2.05, 4.69) is 20.0 Å². The van der Waals surface area contributed by atoms with Crippen LogP contribution in [0.2, 0.25) is 0 Å². The zero-order valence-electron chi connectivity index (χ0n) is 6.91. The molecule has 9 heavy (non-hydrogen) atoms. The Morgan fingerprint density at radius 2 is 1.67 bits per heavy atom. The van der Waals surface area contributed by atoms with Crippen molar-refractivity contribution in [2.24, 2.45) is 5.73 Å². The third-order valence-electron chi connectivity index (χ3n) is 1.38. The van der Waals surface area contributed by atoms with Gasteiger partial charge in [-0.25, -0.2) is 0 Å². The van der Waals surface area contributed by atoms with E-state index in [1.54, 1.807) is 0 Å². The van der Waals surface area contributed by atoms with Crippen LogP contribution in [0, 0.1) is 0 Å². The van der Waals surface area contributed by atoms with Crippen molar-refractivity contribution in [2.75, 3.05) is 32.7 Å². The van der Waals surface area contributed by atoms with Gasteiger partial charge in [0.1, 0.15) is 0 Å². The third kappa shape index (κ3) is 8.39. The average molecular weight is 149 g/mol. The standard InChI is InChI=1S/C7H20NP/c1-9(2,3)7-5-4-6-8/h9H,4-8H2,1-3H3. The van der Waals surface area contributed by atoms with E-state index in [4.69, 9.17) is 5.73 Å². The molecule has 1 nitrogen and oxygen atoms in total. The van der Waals surface area contributed by atoms with Crippen LogP contribution in [0.1, 0.15) is 12.8 Å². The molecule has 0 spiro atoms. The van der Waals surface area contributed by atoms with Gasteiger partial charge in [-0.05, 0) is 0 Å². The van der Waals surface area contributed by atoms with Crippen molar-refractivity contribution in [1.29, 1.82) is 0 Å². The van der Waals surface area contributed by atoms with Crippen molar-refractivity contribution in [1.82, 2.24) is 0 Å².